The zero-order chi connectivity index (χ0) is 14.7. The minimum Gasteiger partial charge on any atom is -0.492 e. The SMILES string of the molecule is CCOc1cccc(Nc2c(F)cc(Br)cc2F)c1N. The zero-order valence-electron chi connectivity index (χ0n) is 10.7. The third-order valence-electron chi connectivity index (χ3n) is 2.63. The Bertz CT molecular complexity index is 612. The maximum atomic E-state index is 13.8. The van der Waals surface area contributed by atoms with E-state index in [-0.39, 0.29) is 5.69 Å². The molecule has 0 saturated carbocycles. The molecule has 0 bridgehead atoms. The second-order valence-corrected chi connectivity index (χ2v) is 4.94. The molecule has 0 fully saturated rings. The van der Waals surface area contributed by atoms with E-state index in [1.54, 1.807) is 18.2 Å². The molecule has 0 aromatic heterocycles. The van der Waals surface area contributed by atoms with Crippen molar-refractivity contribution in [3.8, 4) is 5.75 Å². The van der Waals surface area contributed by atoms with Gasteiger partial charge in [0.2, 0.25) is 0 Å². The third kappa shape index (κ3) is 3.01. The fourth-order valence-electron chi connectivity index (χ4n) is 1.73. The Morgan fingerprint density at radius 1 is 1.25 bits per heavy atom. The van der Waals surface area contributed by atoms with E-state index in [0.29, 0.717) is 28.2 Å². The molecule has 0 unspecified atom stereocenters. The Kier molecular flexibility index (Phi) is 4.44. The lowest BCUT2D eigenvalue weighted by atomic mass is 10.2. The van der Waals surface area contributed by atoms with Gasteiger partial charge in [-0.2, -0.15) is 0 Å². The van der Waals surface area contributed by atoms with E-state index < -0.39 is 11.6 Å². The average molecular weight is 343 g/mol. The van der Waals surface area contributed by atoms with Crippen LogP contribution in [0.1, 0.15) is 6.92 Å². The van der Waals surface area contributed by atoms with Crippen LogP contribution in [-0.2, 0) is 0 Å². The molecule has 106 valence electrons. The third-order valence-corrected chi connectivity index (χ3v) is 3.09. The Morgan fingerprint density at radius 3 is 2.50 bits per heavy atom. The lowest BCUT2D eigenvalue weighted by Crippen LogP contribution is -2.03. The molecular weight excluding hydrogens is 330 g/mol. The summed E-state index contributed by atoms with van der Waals surface area (Å²) in [5.41, 5.74) is 6.34. The van der Waals surface area contributed by atoms with E-state index in [2.05, 4.69) is 21.2 Å². The molecule has 3 N–H and O–H groups in total. The van der Waals surface area contributed by atoms with Gasteiger partial charge in [0, 0.05) is 4.47 Å². The van der Waals surface area contributed by atoms with Crippen molar-refractivity contribution >= 4 is 33.0 Å². The van der Waals surface area contributed by atoms with Crippen molar-refractivity contribution in [2.24, 2.45) is 0 Å². The molecule has 2 rings (SSSR count). The van der Waals surface area contributed by atoms with Crippen molar-refractivity contribution in [1.82, 2.24) is 0 Å². The molecule has 6 heteroatoms. The lowest BCUT2D eigenvalue weighted by molar-refractivity contribution is 0.342. The van der Waals surface area contributed by atoms with Crippen LogP contribution in [0.2, 0.25) is 0 Å². The van der Waals surface area contributed by atoms with Gasteiger partial charge in [0.1, 0.15) is 11.4 Å². The predicted molar refractivity (Wildman–Crippen MR) is 79.4 cm³/mol. The van der Waals surface area contributed by atoms with Gasteiger partial charge >= 0.3 is 0 Å². The van der Waals surface area contributed by atoms with Crippen LogP contribution in [0.25, 0.3) is 0 Å². The molecule has 0 aliphatic heterocycles. The number of nitrogen functional groups attached to an aromatic ring is 1. The molecule has 0 amide bonds. The number of nitrogens with one attached hydrogen (secondary N) is 1. The number of ether oxygens (including phenoxy) is 1. The smallest absolute Gasteiger partial charge is 0.150 e. The summed E-state index contributed by atoms with van der Waals surface area (Å²) in [6.45, 7) is 2.28. The lowest BCUT2D eigenvalue weighted by Gasteiger charge is -2.14. The number of nitrogens with two attached hydrogens (primary N) is 1. The second-order valence-electron chi connectivity index (χ2n) is 4.02. The number of anilines is 3. The molecule has 0 aliphatic carbocycles. The molecule has 20 heavy (non-hydrogen) atoms. The van der Waals surface area contributed by atoms with Crippen LogP contribution >= 0.6 is 15.9 Å². The number of halogens is 3. The summed E-state index contributed by atoms with van der Waals surface area (Å²) in [6, 6.07) is 7.36. The van der Waals surface area contributed by atoms with Gasteiger partial charge in [-0.15, -0.1) is 0 Å². The normalized spacial score (nSPS) is 10.4. The van der Waals surface area contributed by atoms with E-state index in [1.165, 1.54) is 12.1 Å². The first kappa shape index (κ1) is 14.6. The number of hydrogen-bond acceptors (Lipinski definition) is 3. The number of hydrogen-bond donors (Lipinski definition) is 2. The van der Waals surface area contributed by atoms with Gasteiger partial charge in [-0.1, -0.05) is 22.0 Å². The molecule has 3 nitrogen and oxygen atoms in total. The molecule has 0 saturated heterocycles. The monoisotopic (exact) mass is 342 g/mol. The molecule has 0 spiro atoms. The van der Waals surface area contributed by atoms with Gasteiger partial charge in [0.05, 0.1) is 18.0 Å². The van der Waals surface area contributed by atoms with Crippen molar-refractivity contribution < 1.29 is 13.5 Å². The van der Waals surface area contributed by atoms with E-state index in [1.807, 2.05) is 6.92 Å². The van der Waals surface area contributed by atoms with E-state index in [0.717, 1.165) is 0 Å². The number of rotatable bonds is 4. The van der Waals surface area contributed by atoms with Gasteiger partial charge in [0.25, 0.3) is 0 Å². The molecule has 0 atom stereocenters. The largest absolute Gasteiger partial charge is 0.492 e. The highest BCUT2D eigenvalue weighted by molar-refractivity contribution is 9.10. The van der Waals surface area contributed by atoms with Crippen LogP contribution in [0.15, 0.2) is 34.8 Å². The first-order chi connectivity index (χ1) is 9.52. The Hall–Kier alpha value is -1.82. The highest BCUT2D eigenvalue weighted by atomic mass is 79.9. The zero-order valence-corrected chi connectivity index (χ0v) is 12.3. The van der Waals surface area contributed by atoms with Gasteiger partial charge in [0.15, 0.2) is 11.6 Å². The van der Waals surface area contributed by atoms with Crippen LogP contribution < -0.4 is 15.8 Å². The first-order valence-corrected chi connectivity index (χ1v) is 6.75. The van der Waals surface area contributed by atoms with Gasteiger partial charge in [-0.3, -0.25) is 0 Å². The van der Waals surface area contributed by atoms with Crippen molar-refractivity contribution in [1.29, 1.82) is 0 Å². The van der Waals surface area contributed by atoms with Gasteiger partial charge in [-0.05, 0) is 31.2 Å². The molecule has 0 radical (unpaired) electrons. The van der Waals surface area contributed by atoms with Crippen molar-refractivity contribution in [2.75, 3.05) is 17.7 Å². The number of para-hydroxylation sites is 1. The number of benzene rings is 2. The first-order valence-electron chi connectivity index (χ1n) is 5.95. The summed E-state index contributed by atoms with van der Waals surface area (Å²) < 4.78 is 33.2. The Morgan fingerprint density at radius 2 is 1.90 bits per heavy atom. The summed E-state index contributed by atoms with van der Waals surface area (Å²) in [7, 11) is 0. The molecule has 2 aromatic carbocycles. The Balaban J connectivity index is 2.38. The van der Waals surface area contributed by atoms with E-state index in [9.17, 15) is 8.78 Å². The van der Waals surface area contributed by atoms with Gasteiger partial charge in [-0.25, -0.2) is 8.78 Å². The summed E-state index contributed by atoms with van der Waals surface area (Å²) in [5.74, 6) is -0.952. The van der Waals surface area contributed by atoms with Crippen molar-refractivity contribution in [3.63, 3.8) is 0 Å². The second kappa shape index (κ2) is 6.09. The predicted octanol–water partition coefficient (Wildman–Crippen LogP) is 4.45. The van der Waals surface area contributed by atoms with Crippen LogP contribution in [-0.4, -0.2) is 6.61 Å². The average Bonchev–Trinajstić information content (AvgIpc) is 2.38. The van der Waals surface area contributed by atoms with Crippen LogP contribution in [0, 0.1) is 11.6 Å². The summed E-state index contributed by atoms with van der Waals surface area (Å²) in [4.78, 5) is 0. The summed E-state index contributed by atoms with van der Waals surface area (Å²) in [5, 5.41) is 2.66. The van der Waals surface area contributed by atoms with E-state index in [4.69, 9.17) is 10.5 Å². The van der Waals surface area contributed by atoms with E-state index >= 15 is 0 Å². The molecule has 2 aromatic rings. The standard InChI is InChI=1S/C14H13BrF2N2O/c1-2-20-12-5-3-4-11(13(12)18)19-14-9(16)6-8(15)7-10(14)17/h3-7,19H,2,18H2,1H3. The maximum Gasteiger partial charge on any atom is 0.150 e. The van der Waals surface area contributed by atoms with Crippen molar-refractivity contribution in [2.45, 2.75) is 6.92 Å². The molecule has 0 aliphatic rings. The van der Waals surface area contributed by atoms with Crippen LogP contribution in [0.5, 0.6) is 5.75 Å². The molecular formula is C14H13BrF2N2O. The minimum atomic E-state index is -0.710. The van der Waals surface area contributed by atoms with Crippen LogP contribution in [0.4, 0.5) is 25.8 Å². The highest BCUT2D eigenvalue weighted by Crippen LogP contribution is 2.34. The topological polar surface area (TPSA) is 47.3 Å². The highest BCUT2D eigenvalue weighted by Gasteiger charge is 2.13. The fraction of sp³-hybridized carbons (Fsp3) is 0.143. The summed E-state index contributed by atoms with van der Waals surface area (Å²) >= 11 is 3.03. The van der Waals surface area contributed by atoms with Crippen LogP contribution in [0.3, 0.4) is 0 Å². The Labute approximate surface area is 123 Å². The molecule has 0 heterocycles. The van der Waals surface area contributed by atoms with Gasteiger partial charge < -0.3 is 15.8 Å². The minimum absolute atomic E-state index is 0.256. The van der Waals surface area contributed by atoms with Crippen molar-refractivity contribution in [3.05, 3.63) is 46.4 Å². The quantitative estimate of drug-likeness (QED) is 0.807. The summed E-state index contributed by atoms with van der Waals surface area (Å²) in [6.07, 6.45) is 0. The fourth-order valence-corrected chi connectivity index (χ4v) is 2.13. The maximum absolute atomic E-state index is 13.8.